The van der Waals surface area contributed by atoms with Crippen LogP contribution in [0.5, 0.6) is 0 Å². The Morgan fingerprint density at radius 2 is 1.78 bits per heavy atom. The van der Waals surface area contributed by atoms with Gasteiger partial charge >= 0.3 is 0 Å². The number of rotatable bonds is 10. The molecule has 4 aromatic rings. The number of benzene rings is 2. The number of anilines is 1. The second-order valence-electron chi connectivity index (χ2n) is 8.73. The molecule has 1 aliphatic heterocycles. The minimum absolute atomic E-state index is 0.181. The van der Waals surface area contributed by atoms with Crippen molar-refractivity contribution in [1.82, 2.24) is 14.9 Å². The number of imidazole rings is 1. The van der Waals surface area contributed by atoms with Gasteiger partial charge in [-0.3, -0.25) is 14.4 Å². The lowest BCUT2D eigenvalue weighted by atomic mass is 10.0. The number of aromatic nitrogens is 2. The third-order valence-corrected chi connectivity index (χ3v) is 6.17. The van der Waals surface area contributed by atoms with Crippen LogP contribution in [-0.4, -0.2) is 33.3 Å². The number of nitrogens with one attached hydrogen (secondary N) is 2. The van der Waals surface area contributed by atoms with Gasteiger partial charge in [0.25, 0.3) is 5.91 Å². The number of hydrogen-bond acceptors (Lipinski definition) is 6. The molecule has 8 heteroatoms. The molecular weight excluding hydrogens is 468 g/mol. The van der Waals surface area contributed by atoms with Crippen molar-refractivity contribution >= 4 is 23.4 Å². The van der Waals surface area contributed by atoms with Crippen LogP contribution < -0.4 is 10.8 Å². The molecule has 37 heavy (non-hydrogen) atoms. The summed E-state index contributed by atoms with van der Waals surface area (Å²) in [5.41, 5.74) is 6.50. The van der Waals surface area contributed by atoms with Crippen molar-refractivity contribution < 1.29 is 19.5 Å². The van der Waals surface area contributed by atoms with Gasteiger partial charge in [-0.15, -0.1) is 0 Å². The van der Waals surface area contributed by atoms with Gasteiger partial charge in [-0.05, 0) is 54.2 Å². The standard InChI is InChI=1S/C29H28N4O4/c34-28(32-35)16-13-23-12-15-27-30-24(14-11-21-7-3-1-4-8-21)29(33(27)18-23)31-25(26-19-36-20-37-26)17-22-9-5-2-6-10-22/h1-10,12-13,15-16,18-19,25,31,35H,11,14,17,20H2,(H,32,34). The molecule has 0 fully saturated rings. The Labute approximate surface area is 214 Å². The van der Waals surface area contributed by atoms with Crippen molar-refractivity contribution in [2.75, 3.05) is 12.1 Å². The Kier molecular flexibility index (Phi) is 7.47. The van der Waals surface area contributed by atoms with Crippen LogP contribution in [0.4, 0.5) is 5.82 Å². The molecule has 2 aromatic carbocycles. The Morgan fingerprint density at radius 1 is 1.03 bits per heavy atom. The molecule has 1 aliphatic rings. The van der Waals surface area contributed by atoms with Crippen molar-refractivity contribution in [2.24, 2.45) is 0 Å². The Balaban J connectivity index is 1.51. The van der Waals surface area contributed by atoms with E-state index in [9.17, 15) is 4.79 Å². The largest absolute Gasteiger partial charge is 0.462 e. The maximum atomic E-state index is 11.5. The van der Waals surface area contributed by atoms with Gasteiger partial charge < -0.3 is 14.8 Å². The molecular formula is C29H28N4O4. The number of fused-ring (bicyclic) bond motifs is 1. The SMILES string of the molecule is O=C(C=Cc1ccc2nc(CCc3ccccc3)c(NC(Cc3ccccc3)C3=COCO3)n2c1)NO. The zero-order valence-corrected chi connectivity index (χ0v) is 20.2. The lowest BCUT2D eigenvalue weighted by Gasteiger charge is -2.21. The molecule has 0 bridgehead atoms. The first kappa shape index (κ1) is 24.1. The molecule has 0 saturated carbocycles. The second kappa shape index (κ2) is 11.5. The van der Waals surface area contributed by atoms with E-state index in [1.54, 1.807) is 17.8 Å². The zero-order valence-electron chi connectivity index (χ0n) is 20.2. The quantitative estimate of drug-likeness (QED) is 0.170. The smallest absolute Gasteiger partial charge is 0.267 e. The molecule has 188 valence electrons. The van der Waals surface area contributed by atoms with Gasteiger partial charge in [0.2, 0.25) is 6.79 Å². The molecule has 0 radical (unpaired) electrons. The average molecular weight is 497 g/mol. The number of hydrogen-bond donors (Lipinski definition) is 3. The molecule has 8 nitrogen and oxygen atoms in total. The van der Waals surface area contributed by atoms with E-state index < -0.39 is 5.91 Å². The number of amides is 1. The van der Waals surface area contributed by atoms with Gasteiger partial charge in [0, 0.05) is 12.3 Å². The highest BCUT2D eigenvalue weighted by atomic mass is 16.7. The normalized spacial score (nSPS) is 13.7. The Morgan fingerprint density at radius 3 is 2.49 bits per heavy atom. The number of carbonyl (C=O) groups excluding carboxylic acids is 1. The van der Waals surface area contributed by atoms with E-state index in [1.165, 1.54) is 11.6 Å². The summed E-state index contributed by atoms with van der Waals surface area (Å²) in [5.74, 6) is 0.981. The molecule has 1 amide bonds. The summed E-state index contributed by atoms with van der Waals surface area (Å²) in [5, 5.41) is 12.5. The highest BCUT2D eigenvalue weighted by Crippen LogP contribution is 2.26. The van der Waals surface area contributed by atoms with Crippen LogP contribution in [0.25, 0.3) is 11.7 Å². The predicted octanol–water partition coefficient (Wildman–Crippen LogP) is 4.51. The summed E-state index contributed by atoms with van der Waals surface area (Å²) in [6.07, 6.45) is 8.75. The predicted molar refractivity (Wildman–Crippen MR) is 141 cm³/mol. The van der Waals surface area contributed by atoms with Crippen molar-refractivity contribution in [1.29, 1.82) is 0 Å². The first-order chi connectivity index (χ1) is 18.2. The van der Waals surface area contributed by atoms with Crippen LogP contribution in [-0.2, 0) is 33.5 Å². The Bertz CT molecular complexity index is 1410. The fourth-order valence-electron chi connectivity index (χ4n) is 4.32. The van der Waals surface area contributed by atoms with Crippen LogP contribution >= 0.6 is 0 Å². The number of carbonyl (C=O) groups is 1. The van der Waals surface area contributed by atoms with Gasteiger partial charge in [-0.2, -0.15) is 0 Å². The first-order valence-electron chi connectivity index (χ1n) is 12.1. The highest BCUT2D eigenvalue weighted by Gasteiger charge is 2.24. The number of aryl methyl sites for hydroxylation is 2. The summed E-state index contributed by atoms with van der Waals surface area (Å²) >= 11 is 0. The average Bonchev–Trinajstić information content (AvgIpc) is 3.60. The van der Waals surface area contributed by atoms with E-state index in [0.717, 1.165) is 46.9 Å². The molecule has 3 N–H and O–H groups in total. The molecule has 1 unspecified atom stereocenters. The van der Waals surface area contributed by atoms with Crippen LogP contribution in [0.15, 0.2) is 97.1 Å². The topological polar surface area (TPSA) is 97.1 Å². The lowest BCUT2D eigenvalue weighted by Crippen LogP contribution is -2.26. The zero-order chi connectivity index (χ0) is 25.5. The van der Waals surface area contributed by atoms with Crippen LogP contribution in [0.3, 0.4) is 0 Å². The van der Waals surface area contributed by atoms with Gasteiger partial charge in [0.15, 0.2) is 5.76 Å². The summed E-state index contributed by atoms with van der Waals surface area (Å²) in [4.78, 5) is 16.4. The van der Waals surface area contributed by atoms with E-state index in [4.69, 9.17) is 19.7 Å². The molecule has 0 saturated heterocycles. The van der Waals surface area contributed by atoms with E-state index in [1.807, 2.05) is 59.1 Å². The molecule has 0 spiro atoms. The van der Waals surface area contributed by atoms with Gasteiger partial charge in [-0.25, -0.2) is 10.5 Å². The summed E-state index contributed by atoms with van der Waals surface area (Å²) < 4.78 is 13.2. The first-order valence-corrected chi connectivity index (χ1v) is 12.1. The number of hydroxylamine groups is 1. The highest BCUT2D eigenvalue weighted by molar-refractivity contribution is 5.90. The summed E-state index contributed by atoms with van der Waals surface area (Å²) in [6, 6.07) is 24.2. The fourth-order valence-corrected chi connectivity index (χ4v) is 4.32. The van der Waals surface area contributed by atoms with E-state index >= 15 is 0 Å². The number of nitrogens with zero attached hydrogens (tertiary/aromatic N) is 2. The molecule has 0 aliphatic carbocycles. The van der Waals surface area contributed by atoms with Crippen molar-refractivity contribution in [2.45, 2.75) is 25.3 Å². The van der Waals surface area contributed by atoms with E-state index in [0.29, 0.717) is 6.42 Å². The van der Waals surface area contributed by atoms with Crippen molar-refractivity contribution in [3.05, 3.63) is 119 Å². The molecule has 5 rings (SSSR count). The van der Waals surface area contributed by atoms with E-state index in [2.05, 4.69) is 29.6 Å². The van der Waals surface area contributed by atoms with Crippen LogP contribution in [0, 0.1) is 0 Å². The number of ether oxygens (including phenoxy) is 2. The summed E-state index contributed by atoms with van der Waals surface area (Å²) in [7, 11) is 0. The molecule has 1 atom stereocenters. The van der Waals surface area contributed by atoms with Gasteiger partial charge in [0.1, 0.15) is 17.7 Å². The fraction of sp³-hybridized carbons (Fsp3) is 0.172. The monoisotopic (exact) mass is 496 g/mol. The van der Waals surface area contributed by atoms with Crippen LogP contribution in [0.1, 0.15) is 22.4 Å². The van der Waals surface area contributed by atoms with Crippen LogP contribution in [0.2, 0.25) is 0 Å². The summed E-state index contributed by atoms with van der Waals surface area (Å²) in [6.45, 7) is 0.193. The van der Waals surface area contributed by atoms with Crippen molar-refractivity contribution in [3.63, 3.8) is 0 Å². The second-order valence-corrected chi connectivity index (χ2v) is 8.73. The maximum Gasteiger partial charge on any atom is 0.267 e. The van der Waals surface area contributed by atoms with Crippen molar-refractivity contribution in [3.8, 4) is 0 Å². The molecule has 2 aromatic heterocycles. The minimum atomic E-state index is -0.596. The Hall–Kier alpha value is -4.56. The van der Waals surface area contributed by atoms with E-state index in [-0.39, 0.29) is 12.8 Å². The minimum Gasteiger partial charge on any atom is -0.462 e. The molecule has 3 heterocycles. The maximum absolute atomic E-state index is 11.5. The third-order valence-electron chi connectivity index (χ3n) is 6.17. The lowest BCUT2D eigenvalue weighted by molar-refractivity contribution is -0.124. The number of pyridine rings is 1. The van der Waals surface area contributed by atoms with Gasteiger partial charge in [0.05, 0.1) is 11.7 Å². The third kappa shape index (κ3) is 5.99. The van der Waals surface area contributed by atoms with Gasteiger partial charge in [-0.1, -0.05) is 60.7 Å².